The standard InChI is InChI=1S/C26H21N5O2/c1-17-9-8-14-30-23(17)29-24-21(26(30)33)15-20(22(27)31(24)19-12-6-3-7-13-19)25(32)28-16-18-10-4-2-5-11-18/h2-15,27H,16H2,1H3,(H,28,32). The number of fused-ring (bicyclic) bond motifs is 2. The minimum absolute atomic E-state index is 0.0379. The molecule has 162 valence electrons. The van der Waals surface area contributed by atoms with Crippen LogP contribution >= 0.6 is 0 Å². The lowest BCUT2D eigenvalue weighted by molar-refractivity contribution is 0.0949. The van der Waals surface area contributed by atoms with Crippen LogP contribution in [0.1, 0.15) is 21.5 Å². The Kier molecular flexibility index (Phi) is 5.06. The third kappa shape index (κ3) is 3.59. The van der Waals surface area contributed by atoms with Crippen LogP contribution in [0.15, 0.2) is 89.9 Å². The molecular weight excluding hydrogens is 414 g/mol. The largest absolute Gasteiger partial charge is 0.348 e. The molecule has 0 radical (unpaired) electrons. The zero-order valence-electron chi connectivity index (χ0n) is 17.9. The van der Waals surface area contributed by atoms with Crippen molar-refractivity contribution in [3.8, 4) is 5.69 Å². The summed E-state index contributed by atoms with van der Waals surface area (Å²) in [4.78, 5) is 31.3. The molecule has 0 bridgehead atoms. The Morgan fingerprint density at radius 1 is 0.970 bits per heavy atom. The molecule has 0 aliphatic heterocycles. The van der Waals surface area contributed by atoms with Gasteiger partial charge in [0.05, 0.1) is 10.9 Å². The number of hydrogen-bond acceptors (Lipinski definition) is 4. The average molecular weight is 435 g/mol. The molecule has 0 saturated heterocycles. The predicted molar refractivity (Wildman–Crippen MR) is 126 cm³/mol. The second-order valence-corrected chi connectivity index (χ2v) is 7.78. The van der Waals surface area contributed by atoms with Crippen molar-refractivity contribution in [3.63, 3.8) is 0 Å². The fourth-order valence-corrected chi connectivity index (χ4v) is 3.91. The number of hydrogen-bond donors (Lipinski definition) is 2. The molecule has 1 amide bonds. The molecule has 0 aliphatic rings. The van der Waals surface area contributed by atoms with Gasteiger partial charge in [-0.2, -0.15) is 0 Å². The first-order valence-electron chi connectivity index (χ1n) is 10.5. The van der Waals surface area contributed by atoms with Crippen molar-refractivity contribution < 1.29 is 4.79 Å². The Balaban J connectivity index is 1.76. The molecule has 2 N–H and O–H groups in total. The van der Waals surface area contributed by atoms with Crippen LogP contribution in [0.3, 0.4) is 0 Å². The average Bonchev–Trinajstić information content (AvgIpc) is 2.84. The fourth-order valence-electron chi connectivity index (χ4n) is 3.91. The van der Waals surface area contributed by atoms with E-state index < -0.39 is 5.91 Å². The van der Waals surface area contributed by atoms with Gasteiger partial charge in [0, 0.05) is 18.4 Å². The number of carbonyl (C=O) groups is 1. The molecule has 0 saturated carbocycles. The maximum absolute atomic E-state index is 13.4. The predicted octanol–water partition coefficient (Wildman–Crippen LogP) is 3.36. The van der Waals surface area contributed by atoms with Crippen LogP contribution in [0.2, 0.25) is 0 Å². The second kappa shape index (κ2) is 8.20. The van der Waals surface area contributed by atoms with E-state index in [1.165, 1.54) is 10.5 Å². The van der Waals surface area contributed by atoms with Crippen molar-refractivity contribution in [2.45, 2.75) is 13.5 Å². The lowest BCUT2D eigenvalue weighted by Crippen LogP contribution is -2.34. The van der Waals surface area contributed by atoms with Gasteiger partial charge < -0.3 is 5.32 Å². The Morgan fingerprint density at radius 2 is 1.67 bits per heavy atom. The van der Waals surface area contributed by atoms with Crippen molar-refractivity contribution in [1.29, 1.82) is 5.41 Å². The lowest BCUT2D eigenvalue weighted by Gasteiger charge is -2.15. The van der Waals surface area contributed by atoms with E-state index >= 15 is 0 Å². The first-order chi connectivity index (χ1) is 16.0. The Hall–Kier alpha value is -4.52. The molecule has 7 nitrogen and oxygen atoms in total. The molecule has 3 aromatic heterocycles. The summed E-state index contributed by atoms with van der Waals surface area (Å²) in [7, 11) is 0. The van der Waals surface area contributed by atoms with E-state index in [1.807, 2.05) is 73.7 Å². The summed E-state index contributed by atoms with van der Waals surface area (Å²) >= 11 is 0. The van der Waals surface area contributed by atoms with Gasteiger partial charge in [0.15, 0.2) is 5.65 Å². The molecule has 3 heterocycles. The first kappa shape index (κ1) is 20.4. The van der Waals surface area contributed by atoms with Gasteiger partial charge in [0.1, 0.15) is 11.1 Å². The highest BCUT2D eigenvalue weighted by atomic mass is 16.1. The zero-order valence-corrected chi connectivity index (χ0v) is 17.9. The van der Waals surface area contributed by atoms with E-state index in [0.29, 0.717) is 23.5 Å². The van der Waals surface area contributed by atoms with Crippen molar-refractivity contribution in [2.24, 2.45) is 0 Å². The van der Waals surface area contributed by atoms with Gasteiger partial charge in [0.2, 0.25) is 0 Å². The second-order valence-electron chi connectivity index (χ2n) is 7.78. The van der Waals surface area contributed by atoms with Gasteiger partial charge in [0.25, 0.3) is 11.5 Å². The zero-order chi connectivity index (χ0) is 22.9. The molecule has 0 unspecified atom stereocenters. The van der Waals surface area contributed by atoms with E-state index in [9.17, 15) is 9.59 Å². The summed E-state index contributed by atoms with van der Waals surface area (Å²) in [5.74, 6) is -0.427. The lowest BCUT2D eigenvalue weighted by atomic mass is 10.1. The molecule has 33 heavy (non-hydrogen) atoms. The van der Waals surface area contributed by atoms with Crippen molar-refractivity contribution in [2.75, 3.05) is 0 Å². The van der Waals surface area contributed by atoms with Gasteiger partial charge in [-0.15, -0.1) is 0 Å². The molecule has 0 spiro atoms. The van der Waals surface area contributed by atoms with Gasteiger partial charge in [-0.1, -0.05) is 54.6 Å². The summed E-state index contributed by atoms with van der Waals surface area (Å²) in [6, 6.07) is 23.9. The van der Waals surface area contributed by atoms with Crippen LogP contribution in [-0.4, -0.2) is 19.9 Å². The highest BCUT2D eigenvalue weighted by Gasteiger charge is 2.18. The van der Waals surface area contributed by atoms with Crippen molar-refractivity contribution >= 4 is 22.6 Å². The van der Waals surface area contributed by atoms with E-state index in [1.54, 1.807) is 16.8 Å². The van der Waals surface area contributed by atoms with Gasteiger partial charge in [-0.3, -0.25) is 24.0 Å². The Labute approximate surface area is 189 Å². The van der Waals surface area contributed by atoms with Gasteiger partial charge in [-0.25, -0.2) is 4.98 Å². The van der Waals surface area contributed by atoms with E-state index in [4.69, 9.17) is 10.4 Å². The Bertz CT molecular complexity index is 1620. The summed E-state index contributed by atoms with van der Waals surface area (Å²) in [5, 5.41) is 12.0. The SMILES string of the molecule is Cc1cccn2c(=O)c3cc(C(=O)NCc4ccccc4)c(=N)n(-c4ccccc4)c3nc12. The molecule has 5 rings (SSSR count). The number of pyridine rings is 2. The van der Waals surface area contributed by atoms with E-state index in [0.717, 1.165) is 11.1 Å². The fraction of sp³-hybridized carbons (Fsp3) is 0.0769. The Morgan fingerprint density at radius 3 is 2.39 bits per heavy atom. The minimum Gasteiger partial charge on any atom is -0.348 e. The summed E-state index contributed by atoms with van der Waals surface area (Å²) in [6.45, 7) is 2.20. The number of nitrogens with one attached hydrogen (secondary N) is 2. The van der Waals surface area contributed by atoms with Crippen LogP contribution in [0, 0.1) is 12.3 Å². The summed E-state index contributed by atoms with van der Waals surface area (Å²) in [5.41, 5.74) is 3.06. The monoisotopic (exact) mass is 435 g/mol. The summed E-state index contributed by atoms with van der Waals surface area (Å²) in [6.07, 6.45) is 1.66. The van der Waals surface area contributed by atoms with Crippen LogP contribution in [0.4, 0.5) is 0 Å². The third-order valence-electron chi connectivity index (χ3n) is 5.60. The summed E-state index contributed by atoms with van der Waals surface area (Å²) < 4.78 is 3.03. The molecule has 7 heteroatoms. The van der Waals surface area contributed by atoms with Crippen LogP contribution in [-0.2, 0) is 6.54 Å². The van der Waals surface area contributed by atoms with Crippen molar-refractivity contribution in [3.05, 3.63) is 118 Å². The molecule has 0 atom stereocenters. The normalized spacial score (nSPS) is 11.1. The van der Waals surface area contributed by atoms with Crippen molar-refractivity contribution in [1.82, 2.24) is 19.3 Å². The number of para-hydroxylation sites is 1. The molecule has 0 fully saturated rings. The van der Waals surface area contributed by atoms with Crippen LogP contribution in [0.5, 0.6) is 0 Å². The number of rotatable bonds is 4. The molecule has 0 aliphatic carbocycles. The number of aryl methyl sites for hydroxylation is 1. The van der Waals surface area contributed by atoms with Crippen LogP contribution < -0.4 is 16.4 Å². The van der Waals surface area contributed by atoms with Gasteiger partial charge >= 0.3 is 0 Å². The topological polar surface area (TPSA) is 92.3 Å². The highest BCUT2D eigenvalue weighted by molar-refractivity contribution is 5.97. The van der Waals surface area contributed by atoms with Gasteiger partial charge in [-0.05, 0) is 42.3 Å². The number of benzene rings is 2. The third-order valence-corrected chi connectivity index (χ3v) is 5.60. The maximum Gasteiger partial charge on any atom is 0.267 e. The molecular formula is C26H21N5O2. The smallest absolute Gasteiger partial charge is 0.267 e. The molecule has 2 aromatic carbocycles. The number of aromatic nitrogens is 3. The number of amides is 1. The first-order valence-corrected chi connectivity index (χ1v) is 10.5. The van der Waals surface area contributed by atoms with Crippen LogP contribution in [0.25, 0.3) is 22.4 Å². The maximum atomic E-state index is 13.4. The number of nitrogens with zero attached hydrogens (tertiary/aromatic N) is 3. The molecule has 5 aromatic rings. The van der Waals surface area contributed by atoms with E-state index in [-0.39, 0.29) is 22.0 Å². The quantitative estimate of drug-likeness (QED) is 0.424. The van der Waals surface area contributed by atoms with E-state index in [2.05, 4.69) is 5.32 Å². The number of carbonyl (C=O) groups excluding carboxylic acids is 1. The minimum atomic E-state index is -0.427. The highest BCUT2D eigenvalue weighted by Crippen LogP contribution is 2.16.